The van der Waals surface area contributed by atoms with E-state index in [-0.39, 0.29) is 0 Å². The highest BCUT2D eigenvalue weighted by molar-refractivity contribution is 9.10. The van der Waals surface area contributed by atoms with Gasteiger partial charge in [0.15, 0.2) is 11.5 Å². The van der Waals surface area contributed by atoms with Gasteiger partial charge in [-0.15, -0.1) is 0 Å². The highest BCUT2D eigenvalue weighted by Crippen LogP contribution is 2.44. The summed E-state index contributed by atoms with van der Waals surface area (Å²) < 4.78 is 17.6. The van der Waals surface area contributed by atoms with Crippen LogP contribution in [0.2, 0.25) is 0 Å². The van der Waals surface area contributed by atoms with Crippen LogP contribution in [0.1, 0.15) is 11.3 Å². The second-order valence-electron chi connectivity index (χ2n) is 5.32. The van der Waals surface area contributed by atoms with Gasteiger partial charge in [0.1, 0.15) is 0 Å². The summed E-state index contributed by atoms with van der Waals surface area (Å²) in [7, 11) is 4.82. The first-order chi connectivity index (χ1) is 12.2. The van der Waals surface area contributed by atoms with E-state index in [1.54, 1.807) is 27.5 Å². The lowest BCUT2D eigenvalue weighted by molar-refractivity contribution is 0.327. The topological polar surface area (TPSA) is 40.6 Å². The number of pyridine rings is 1. The molecule has 0 saturated carbocycles. The van der Waals surface area contributed by atoms with Crippen molar-refractivity contribution in [2.75, 3.05) is 21.3 Å². The lowest BCUT2D eigenvalue weighted by Gasteiger charge is -2.15. The average molecular weight is 400 g/mol. The minimum Gasteiger partial charge on any atom is -0.493 e. The van der Waals surface area contributed by atoms with E-state index in [0.717, 1.165) is 26.5 Å². The first-order valence-electron chi connectivity index (χ1n) is 7.69. The summed E-state index contributed by atoms with van der Waals surface area (Å²) in [6.07, 6.45) is 5.76. The Kier molecular flexibility index (Phi) is 5.24. The molecule has 0 radical (unpaired) electrons. The Bertz CT molecular complexity index is 920. The first kappa shape index (κ1) is 17.3. The van der Waals surface area contributed by atoms with Crippen molar-refractivity contribution in [2.45, 2.75) is 0 Å². The fraction of sp³-hybridized carbons (Fsp3) is 0.150. The molecule has 0 atom stereocenters. The van der Waals surface area contributed by atoms with Crippen molar-refractivity contribution in [2.24, 2.45) is 0 Å². The molecule has 1 aromatic heterocycles. The number of methoxy groups -OCH3 is 3. The summed E-state index contributed by atoms with van der Waals surface area (Å²) in [4.78, 5) is 4.51. The van der Waals surface area contributed by atoms with E-state index in [9.17, 15) is 0 Å². The van der Waals surface area contributed by atoms with Crippen LogP contribution < -0.4 is 14.2 Å². The molecule has 128 valence electrons. The maximum absolute atomic E-state index is 5.62. The molecule has 0 unspecified atom stereocenters. The molecule has 1 heterocycles. The Balaban J connectivity index is 2.16. The largest absolute Gasteiger partial charge is 0.493 e. The number of benzene rings is 2. The van der Waals surface area contributed by atoms with Gasteiger partial charge in [0.2, 0.25) is 5.75 Å². The molecule has 3 rings (SSSR count). The van der Waals surface area contributed by atoms with Gasteiger partial charge >= 0.3 is 0 Å². The Morgan fingerprint density at radius 3 is 2.24 bits per heavy atom. The second kappa shape index (κ2) is 7.57. The van der Waals surface area contributed by atoms with E-state index in [1.807, 2.05) is 48.6 Å². The molecule has 0 aliphatic heterocycles. The van der Waals surface area contributed by atoms with Gasteiger partial charge in [-0.3, -0.25) is 4.98 Å². The summed E-state index contributed by atoms with van der Waals surface area (Å²) in [5, 5.41) is 1.86. The maximum atomic E-state index is 5.62. The third-order valence-electron chi connectivity index (χ3n) is 3.89. The number of rotatable bonds is 5. The number of halogens is 1. The lowest BCUT2D eigenvalue weighted by Crippen LogP contribution is -1.97. The van der Waals surface area contributed by atoms with E-state index in [0.29, 0.717) is 17.2 Å². The smallest absolute Gasteiger partial charge is 0.204 e. The van der Waals surface area contributed by atoms with Crippen molar-refractivity contribution in [3.05, 3.63) is 58.3 Å². The molecule has 0 aliphatic carbocycles. The van der Waals surface area contributed by atoms with Crippen LogP contribution in [0.4, 0.5) is 0 Å². The quantitative estimate of drug-likeness (QED) is 0.591. The van der Waals surface area contributed by atoms with Crippen molar-refractivity contribution in [3.8, 4) is 17.2 Å². The molecule has 0 saturated heterocycles. The number of nitrogens with zero attached hydrogens (tertiary/aromatic N) is 1. The lowest BCUT2D eigenvalue weighted by atomic mass is 10.1. The van der Waals surface area contributed by atoms with Crippen molar-refractivity contribution in [1.29, 1.82) is 0 Å². The van der Waals surface area contributed by atoms with Crippen LogP contribution in [0.5, 0.6) is 17.2 Å². The third-order valence-corrected chi connectivity index (χ3v) is 4.42. The first-order valence-corrected chi connectivity index (χ1v) is 8.48. The zero-order valence-corrected chi connectivity index (χ0v) is 15.8. The molecule has 0 bridgehead atoms. The molecule has 0 N–H and O–H groups in total. The summed E-state index contributed by atoms with van der Waals surface area (Å²) >= 11 is 3.44. The fourth-order valence-corrected chi connectivity index (χ4v) is 2.97. The van der Waals surface area contributed by atoms with Crippen LogP contribution in [-0.2, 0) is 0 Å². The molecular weight excluding hydrogens is 382 g/mol. The van der Waals surface area contributed by atoms with Crippen LogP contribution in [0.15, 0.2) is 47.1 Å². The Morgan fingerprint density at radius 2 is 1.60 bits per heavy atom. The standard InChI is InChI=1S/C20H18BrNO3/c1-23-17-12-14-10-11-22-16(18(14)20(25-3)19(17)24-2)9-6-13-4-7-15(21)8-5-13/h4-12H,1-3H3/b9-6+. The number of fused-ring (bicyclic) bond motifs is 1. The van der Waals surface area contributed by atoms with Gasteiger partial charge in [-0.2, -0.15) is 0 Å². The zero-order chi connectivity index (χ0) is 17.8. The molecule has 2 aromatic carbocycles. The normalized spacial score (nSPS) is 11.0. The number of aromatic nitrogens is 1. The van der Waals surface area contributed by atoms with Crippen molar-refractivity contribution in [3.63, 3.8) is 0 Å². The van der Waals surface area contributed by atoms with Crippen molar-refractivity contribution >= 4 is 38.9 Å². The van der Waals surface area contributed by atoms with Gasteiger partial charge in [-0.25, -0.2) is 0 Å². The third kappa shape index (κ3) is 3.46. The van der Waals surface area contributed by atoms with E-state index < -0.39 is 0 Å². The highest BCUT2D eigenvalue weighted by atomic mass is 79.9. The van der Waals surface area contributed by atoms with E-state index in [4.69, 9.17) is 14.2 Å². The molecule has 0 amide bonds. The number of hydrogen-bond donors (Lipinski definition) is 0. The van der Waals surface area contributed by atoms with Gasteiger partial charge in [-0.05, 0) is 41.3 Å². The van der Waals surface area contributed by atoms with Crippen LogP contribution in [0, 0.1) is 0 Å². The van der Waals surface area contributed by atoms with E-state index >= 15 is 0 Å². The summed E-state index contributed by atoms with van der Waals surface area (Å²) in [5.74, 6) is 1.80. The number of hydrogen-bond acceptors (Lipinski definition) is 4. The fourth-order valence-electron chi connectivity index (χ4n) is 2.71. The minimum absolute atomic E-state index is 0.559. The van der Waals surface area contributed by atoms with Gasteiger partial charge in [0.25, 0.3) is 0 Å². The van der Waals surface area contributed by atoms with Crippen LogP contribution in [-0.4, -0.2) is 26.3 Å². The minimum atomic E-state index is 0.559. The van der Waals surface area contributed by atoms with Crippen molar-refractivity contribution in [1.82, 2.24) is 4.98 Å². The molecule has 0 fully saturated rings. The molecular formula is C20H18BrNO3. The Labute approximate surface area is 155 Å². The molecule has 25 heavy (non-hydrogen) atoms. The van der Waals surface area contributed by atoms with Gasteiger partial charge in [-0.1, -0.05) is 34.1 Å². The Morgan fingerprint density at radius 1 is 0.880 bits per heavy atom. The predicted molar refractivity (Wildman–Crippen MR) is 104 cm³/mol. The second-order valence-corrected chi connectivity index (χ2v) is 6.24. The highest BCUT2D eigenvalue weighted by Gasteiger charge is 2.18. The predicted octanol–water partition coefficient (Wildman–Crippen LogP) is 5.19. The zero-order valence-electron chi connectivity index (χ0n) is 14.2. The van der Waals surface area contributed by atoms with Gasteiger partial charge < -0.3 is 14.2 Å². The molecule has 0 aliphatic rings. The molecule has 3 aromatic rings. The maximum Gasteiger partial charge on any atom is 0.204 e. The van der Waals surface area contributed by atoms with Crippen LogP contribution in [0.3, 0.4) is 0 Å². The van der Waals surface area contributed by atoms with E-state index in [1.165, 1.54) is 0 Å². The van der Waals surface area contributed by atoms with Crippen LogP contribution in [0.25, 0.3) is 22.9 Å². The summed E-state index contributed by atoms with van der Waals surface area (Å²) in [6, 6.07) is 11.9. The summed E-state index contributed by atoms with van der Waals surface area (Å²) in [5.41, 5.74) is 1.89. The summed E-state index contributed by atoms with van der Waals surface area (Å²) in [6.45, 7) is 0. The molecule has 4 nitrogen and oxygen atoms in total. The molecule has 5 heteroatoms. The van der Waals surface area contributed by atoms with Crippen molar-refractivity contribution < 1.29 is 14.2 Å². The van der Waals surface area contributed by atoms with Gasteiger partial charge in [0, 0.05) is 10.7 Å². The average Bonchev–Trinajstić information content (AvgIpc) is 2.65. The van der Waals surface area contributed by atoms with Gasteiger partial charge in [0.05, 0.1) is 32.4 Å². The SMILES string of the molecule is COc1cc2ccnc(/C=C/c3ccc(Br)cc3)c2c(OC)c1OC. The van der Waals surface area contributed by atoms with E-state index in [2.05, 4.69) is 20.9 Å². The Hall–Kier alpha value is -2.53. The van der Waals surface area contributed by atoms with Crippen LogP contribution >= 0.6 is 15.9 Å². The molecule has 0 spiro atoms. The monoisotopic (exact) mass is 399 g/mol. The number of ether oxygens (including phenoxy) is 3.